The van der Waals surface area contributed by atoms with Crippen LogP contribution < -0.4 is 10.2 Å². The highest BCUT2D eigenvalue weighted by atomic mass is 35.5. The van der Waals surface area contributed by atoms with E-state index >= 15 is 0 Å². The van der Waals surface area contributed by atoms with Crippen molar-refractivity contribution in [2.45, 2.75) is 38.3 Å². The van der Waals surface area contributed by atoms with Crippen molar-refractivity contribution in [3.63, 3.8) is 0 Å². The van der Waals surface area contributed by atoms with Gasteiger partial charge in [-0.05, 0) is 18.9 Å². The minimum atomic E-state index is -2.65. The van der Waals surface area contributed by atoms with Gasteiger partial charge in [0.15, 0.2) is 5.82 Å². The first-order valence-electron chi connectivity index (χ1n) is 9.12. The number of aromatic nitrogens is 3. The Morgan fingerprint density at radius 1 is 1.37 bits per heavy atom. The lowest BCUT2D eigenvalue weighted by molar-refractivity contribution is 0.0654. The van der Waals surface area contributed by atoms with Crippen molar-refractivity contribution >= 4 is 23.2 Å². The number of nitrogens with one attached hydrogen (secondary N) is 1. The lowest BCUT2D eigenvalue weighted by Crippen LogP contribution is -2.28. The lowest BCUT2D eigenvalue weighted by atomic mass is 10.1. The first-order valence-corrected chi connectivity index (χ1v) is 9.50. The number of nitrogens with zero attached hydrogens (tertiary/aromatic N) is 4. The zero-order valence-electron chi connectivity index (χ0n) is 15.1. The third-order valence-electron chi connectivity index (χ3n) is 5.24. The Bertz CT molecular complexity index is 822. The van der Waals surface area contributed by atoms with Gasteiger partial charge in [0.05, 0.1) is 11.1 Å². The highest BCUT2D eigenvalue weighted by Gasteiger charge is 2.28. The van der Waals surface area contributed by atoms with Crippen LogP contribution in [0.5, 0.6) is 0 Å². The molecule has 27 heavy (non-hydrogen) atoms. The summed E-state index contributed by atoms with van der Waals surface area (Å²) in [5.41, 5.74) is 2.10. The van der Waals surface area contributed by atoms with Crippen molar-refractivity contribution in [1.82, 2.24) is 20.1 Å². The van der Waals surface area contributed by atoms with Crippen LogP contribution in [0.1, 0.15) is 42.1 Å². The molecule has 1 N–H and O–H groups in total. The molecule has 0 unspecified atom stereocenters. The minimum absolute atomic E-state index is 0.0291. The summed E-state index contributed by atoms with van der Waals surface area (Å²) in [7, 11) is 1.80. The van der Waals surface area contributed by atoms with E-state index in [9.17, 15) is 8.78 Å². The summed E-state index contributed by atoms with van der Waals surface area (Å²) in [6, 6.07) is 1.64. The van der Waals surface area contributed by atoms with Crippen molar-refractivity contribution in [1.29, 1.82) is 0 Å². The van der Waals surface area contributed by atoms with Gasteiger partial charge in [0.1, 0.15) is 5.82 Å². The fourth-order valence-electron chi connectivity index (χ4n) is 3.76. The van der Waals surface area contributed by atoms with Crippen LogP contribution in [-0.4, -0.2) is 41.6 Å². The standard InChI is InChI=1S/C18H22ClF2N5O/c1-25(16-8-12(17(20)21)14(19)10-23-16)18-13-9-22-5-2-15(13)26(24-18)11-3-6-27-7-4-11/h8,10-11,17,22H,2-7,9H2,1H3. The maximum absolute atomic E-state index is 13.2. The van der Waals surface area contributed by atoms with Gasteiger partial charge in [0.25, 0.3) is 6.43 Å². The summed E-state index contributed by atoms with van der Waals surface area (Å²) in [4.78, 5) is 6.01. The molecule has 0 atom stereocenters. The topological polar surface area (TPSA) is 55.2 Å². The number of hydrogen-bond acceptors (Lipinski definition) is 5. The molecule has 0 bridgehead atoms. The molecule has 4 rings (SSSR count). The molecule has 2 aliphatic rings. The van der Waals surface area contributed by atoms with E-state index in [-0.39, 0.29) is 10.6 Å². The van der Waals surface area contributed by atoms with Crippen LogP contribution in [0, 0.1) is 0 Å². The van der Waals surface area contributed by atoms with Crippen LogP contribution in [0.25, 0.3) is 0 Å². The largest absolute Gasteiger partial charge is 0.381 e. The third-order valence-corrected chi connectivity index (χ3v) is 5.56. The first kappa shape index (κ1) is 18.6. The summed E-state index contributed by atoms with van der Waals surface area (Å²) >= 11 is 5.86. The van der Waals surface area contributed by atoms with Crippen molar-refractivity contribution in [2.75, 3.05) is 31.7 Å². The summed E-state index contributed by atoms with van der Waals surface area (Å²) < 4.78 is 34.0. The molecule has 2 aliphatic heterocycles. The molecule has 2 aromatic rings. The number of rotatable bonds is 4. The first-order chi connectivity index (χ1) is 13.1. The van der Waals surface area contributed by atoms with E-state index in [0.717, 1.165) is 50.4 Å². The molecule has 0 spiro atoms. The molecule has 0 amide bonds. The van der Waals surface area contributed by atoms with E-state index in [1.165, 1.54) is 18.0 Å². The Labute approximate surface area is 161 Å². The van der Waals surface area contributed by atoms with Crippen LogP contribution in [0.3, 0.4) is 0 Å². The van der Waals surface area contributed by atoms with Gasteiger partial charge < -0.3 is 15.0 Å². The van der Waals surface area contributed by atoms with Gasteiger partial charge in [-0.25, -0.2) is 13.8 Å². The molecule has 0 radical (unpaired) electrons. The summed E-state index contributed by atoms with van der Waals surface area (Å²) in [6.45, 7) is 3.08. The summed E-state index contributed by atoms with van der Waals surface area (Å²) in [6.07, 6.45) is 1.38. The van der Waals surface area contributed by atoms with Gasteiger partial charge >= 0.3 is 0 Å². The predicted octanol–water partition coefficient (Wildman–Crippen LogP) is 3.63. The molecule has 0 saturated carbocycles. The minimum Gasteiger partial charge on any atom is -0.381 e. The van der Waals surface area contributed by atoms with E-state index in [4.69, 9.17) is 21.4 Å². The number of anilines is 2. The zero-order valence-corrected chi connectivity index (χ0v) is 15.8. The Kier molecular flexibility index (Phi) is 5.29. The fraction of sp³-hybridized carbons (Fsp3) is 0.556. The third kappa shape index (κ3) is 3.53. The quantitative estimate of drug-likeness (QED) is 0.853. The molecule has 0 aliphatic carbocycles. The van der Waals surface area contributed by atoms with E-state index in [1.54, 1.807) is 11.9 Å². The van der Waals surface area contributed by atoms with Crippen LogP contribution in [0.4, 0.5) is 20.4 Å². The van der Waals surface area contributed by atoms with Crippen molar-refractivity contribution in [3.8, 4) is 0 Å². The Hall–Kier alpha value is -1.77. The van der Waals surface area contributed by atoms with Gasteiger partial charge in [-0.3, -0.25) is 4.68 Å². The van der Waals surface area contributed by atoms with E-state index in [0.29, 0.717) is 18.4 Å². The number of hydrogen-bond donors (Lipinski definition) is 1. The van der Waals surface area contributed by atoms with Gasteiger partial charge in [-0.2, -0.15) is 5.10 Å². The average Bonchev–Trinajstić information content (AvgIpc) is 3.08. The maximum Gasteiger partial charge on any atom is 0.265 e. The second kappa shape index (κ2) is 7.69. The smallest absolute Gasteiger partial charge is 0.265 e. The SMILES string of the molecule is CN(c1cc(C(F)F)c(Cl)cn1)c1nn(C2CCOCC2)c2c1CNCC2. The average molecular weight is 398 g/mol. The number of halogens is 3. The van der Waals surface area contributed by atoms with Gasteiger partial charge in [0.2, 0.25) is 0 Å². The Morgan fingerprint density at radius 2 is 2.15 bits per heavy atom. The van der Waals surface area contributed by atoms with Crippen molar-refractivity contribution in [2.24, 2.45) is 0 Å². The van der Waals surface area contributed by atoms with Crippen LogP contribution in [0.15, 0.2) is 12.3 Å². The highest BCUT2D eigenvalue weighted by molar-refractivity contribution is 6.31. The van der Waals surface area contributed by atoms with E-state index in [2.05, 4.69) is 15.0 Å². The zero-order chi connectivity index (χ0) is 19.0. The monoisotopic (exact) mass is 397 g/mol. The van der Waals surface area contributed by atoms with Gasteiger partial charge in [-0.1, -0.05) is 11.6 Å². The highest BCUT2D eigenvalue weighted by Crippen LogP contribution is 2.35. The van der Waals surface area contributed by atoms with Gasteiger partial charge in [0, 0.05) is 62.8 Å². The van der Waals surface area contributed by atoms with E-state index < -0.39 is 6.43 Å². The second-order valence-electron chi connectivity index (χ2n) is 6.89. The molecule has 1 fully saturated rings. The van der Waals surface area contributed by atoms with E-state index in [1.807, 2.05) is 0 Å². The Morgan fingerprint density at radius 3 is 2.89 bits per heavy atom. The number of pyridine rings is 1. The van der Waals surface area contributed by atoms with Crippen LogP contribution in [-0.2, 0) is 17.7 Å². The van der Waals surface area contributed by atoms with Crippen LogP contribution in [0.2, 0.25) is 5.02 Å². The summed E-state index contributed by atoms with van der Waals surface area (Å²) in [5.74, 6) is 1.15. The summed E-state index contributed by atoms with van der Waals surface area (Å²) in [5, 5.41) is 8.22. The maximum atomic E-state index is 13.2. The molecule has 0 aromatic carbocycles. The molecule has 4 heterocycles. The van der Waals surface area contributed by atoms with Gasteiger partial charge in [-0.15, -0.1) is 0 Å². The number of ether oxygens (including phenoxy) is 1. The number of fused-ring (bicyclic) bond motifs is 1. The van der Waals surface area contributed by atoms with Crippen LogP contribution >= 0.6 is 11.6 Å². The molecule has 146 valence electrons. The molecular weight excluding hydrogens is 376 g/mol. The second-order valence-corrected chi connectivity index (χ2v) is 7.29. The Balaban J connectivity index is 1.72. The normalized spacial score (nSPS) is 18.0. The molecular formula is C18H22ClF2N5O. The van der Waals surface area contributed by atoms with Crippen molar-refractivity contribution < 1.29 is 13.5 Å². The molecule has 9 heteroatoms. The van der Waals surface area contributed by atoms with Crippen molar-refractivity contribution in [3.05, 3.63) is 34.1 Å². The number of alkyl halides is 2. The predicted molar refractivity (Wildman–Crippen MR) is 99.0 cm³/mol. The molecule has 1 saturated heterocycles. The fourth-order valence-corrected chi connectivity index (χ4v) is 3.95. The lowest BCUT2D eigenvalue weighted by Gasteiger charge is -2.25. The molecule has 6 nitrogen and oxygen atoms in total. The molecule has 2 aromatic heterocycles.